The Morgan fingerprint density at radius 3 is 2.47 bits per heavy atom. The zero-order valence-electron chi connectivity index (χ0n) is 8.57. The Bertz CT molecular complexity index is 485. The highest BCUT2D eigenvalue weighted by atomic mass is 32.2. The van der Waals surface area contributed by atoms with Crippen molar-refractivity contribution in [3.8, 4) is 0 Å². The SMILES string of the molecule is NS(=O)(=O)OCCc1cccc(C(F)(F)F)c1. The number of rotatable bonds is 4. The van der Waals surface area contributed by atoms with Crippen LogP contribution in [0.1, 0.15) is 11.1 Å². The van der Waals surface area contributed by atoms with Gasteiger partial charge < -0.3 is 0 Å². The Hall–Kier alpha value is -1.12. The Labute approximate surface area is 96.4 Å². The molecule has 8 heteroatoms. The average molecular weight is 269 g/mol. The number of benzene rings is 1. The van der Waals surface area contributed by atoms with Crippen LogP contribution in [0, 0.1) is 0 Å². The summed E-state index contributed by atoms with van der Waals surface area (Å²) in [5.41, 5.74) is -0.464. The van der Waals surface area contributed by atoms with E-state index in [2.05, 4.69) is 9.32 Å². The molecule has 1 aromatic rings. The van der Waals surface area contributed by atoms with E-state index in [1.165, 1.54) is 12.1 Å². The summed E-state index contributed by atoms with van der Waals surface area (Å²) in [5.74, 6) is 0. The average Bonchev–Trinajstić information content (AvgIpc) is 2.15. The Balaban J connectivity index is 2.67. The summed E-state index contributed by atoms with van der Waals surface area (Å²) >= 11 is 0. The molecule has 17 heavy (non-hydrogen) atoms. The molecule has 0 heterocycles. The molecule has 0 saturated heterocycles. The molecule has 4 nitrogen and oxygen atoms in total. The molecule has 96 valence electrons. The predicted molar refractivity (Wildman–Crippen MR) is 54.2 cm³/mol. The van der Waals surface area contributed by atoms with Gasteiger partial charge in [0.25, 0.3) is 0 Å². The van der Waals surface area contributed by atoms with Crippen LogP contribution in [0.2, 0.25) is 0 Å². The first-order chi connectivity index (χ1) is 7.68. The highest BCUT2D eigenvalue weighted by Gasteiger charge is 2.30. The monoisotopic (exact) mass is 269 g/mol. The van der Waals surface area contributed by atoms with E-state index in [0.717, 1.165) is 12.1 Å². The minimum Gasteiger partial charge on any atom is -0.258 e. The van der Waals surface area contributed by atoms with Crippen molar-refractivity contribution in [2.24, 2.45) is 5.14 Å². The standard InChI is InChI=1S/C9H10F3NO3S/c10-9(11,12)8-3-1-2-7(6-8)4-5-16-17(13,14)15/h1-3,6H,4-5H2,(H2,13,14,15). The normalized spacial score (nSPS) is 12.7. The third-order valence-electron chi connectivity index (χ3n) is 1.89. The van der Waals surface area contributed by atoms with E-state index < -0.39 is 22.0 Å². The second-order valence-electron chi connectivity index (χ2n) is 3.26. The van der Waals surface area contributed by atoms with Crippen LogP contribution in [0.5, 0.6) is 0 Å². The maximum absolute atomic E-state index is 12.3. The fourth-order valence-corrected chi connectivity index (χ4v) is 1.49. The third-order valence-corrected chi connectivity index (χ3v) is 2.39. The van der Waals surface area contributed by atoms with E-state index >= 15 is 0 Å². The summed E-state index contributed by atoms with van der Waals surface area (Å²) in [7, 11) is -4.06. The highest BCUT2D eigenvalue weighted by Crippen LogP contribution is 2.29. The van der Waals surface area contributed by atoms with E-state index in [1.807, 2.05) is 0 Å². The van der Waals surface area contributed by atoms with Gasteiger partial charge in [0.2, 0.25) is 0 Å². The Morgan fingerprint density at radius 1 is 1.29 bits per heavy atom. The van der Waals surface area contributed by atoms with Gasteiger partial charge in [-0.3, -0.25) is 4.18 Å². The molecule has 0 aliphatic carbocycles. The van der Waals surface area contributed by atoms with Crippen molar-refractivity contribution in [1.29, 1.82) is 0 Å². The first kappa shape index (κ1) is 13.9. The van der Waals surface area contributed by atoms with Gasteiger partial charge in [-0.25, -0.2) is 5.14 Å². The molecule has 0 unspecified atom stereocenters. The summed E-state index contributed by atoms with van der Waals surface area (Å²) in [6.07, 6.45) is -4.39. The number of alkyl halides is 3. The van der Waals surface area contributed by atoms with Gasteiger partial charge in [-0.15, -0.1) is 0 Å². The van der Waals surface area contributed by atoms with Gasteiger partial charge in [-0.2, -0.15) is 21.6 Å². The summed E-state index contributed by atoms with van der Waals surface area (Å²) in [5, 5.41) is 4.57. The minimum absolute atomic E-state index is 0.0281. The molecule has 0 spiro atoms. The van der Waals surface area contributed by atoms with Crippen molar-refractivity contribution >= 4 is 10.3 Å². The van der Waals surface area contributed by atoms with Gasteiger partial charge in [0.1, 0.15) is 0 Å². The van der Waals surface area contributed by atoms with Gasteiger partial charge in [-0.1, -0.05) is 18.2 Å². The van der Waals surface area contributed by atoms with Crippen molar-refractivity contribution in [2.75, 3.05) is 6.61 Å². The second kappa shape index (κ2) is 5.03. The molecule has 0 saturated carbocycles. The number of nitrogens with two attached hydrogens (primary N) is 1. The molecule has 0 fully saturated rings. The molecule has 1 aromatic carbocycles. The molecular formula is C9H10F3NO3S. The van der Waals surface area contributed by atoms with Gasteiger partial charge in [0, 0.05) is 0 Å². The number of hydrogen-bond acceptors (Lipinski definition) is 3. The van der Waals surface area contributed by atoms with Crippen molar-refractivity contribution in [2.45, 2.75) is 12.6 Å². The molecule has 0 aromatic heterocycles. The summed E-state index contributed by atoms with van der Waals surface area (Å²) in [6.45, 7) is -0.292. The molecule has 0 aliphatic heterocycles. The van der Waals surface area contributed by atoms with Crippen molar-refractivity contribution in [1.82, 2.24) is 0 Å². The Morgan fingerprint density at radius 2 is 1.94 bits per heavy atom. The molecule has 0 radical (unpaired) electrons. The lowest BCUT2D eigenvalue weighted by molar-refractivity contribution is -0.137. The quantitative estimate of drug-likeness (QED) is 0.899. The van der Waals surface area contributed by atoms with Crippen LogP contribution in [0.25, 0.3) is 0 Å². The third kappa shape index (κ3) is 5.16. The van der Waals surface area contributed by atoms with Gasteiger partial charge in [-0.05, 0) is 18.1 Å². The van der Waals surface area contributed by atoms with Crippen LogP contribution in [-0.4, -0.2) is 15.0 Å². The molecule has 0 atom stereocenters. The smallest absolute Gasteiger partial charge is 0.258 e. The van der Waals surface area contributed by atoms with Crippen LogP contribution in [0.15, 0.2) is 24.3 Å². The lowest BCUT2D eigenvalue weighted by Crippen LogP contribution is -2.17. The van der Waals surface area contributed by atoms with E-state index in [-0.39, 0.29) is 13.0 Å². The number of halogens is 3. The minimum atomic E-state index is -4.42. The lowest BCUT2D eigenvalue weighted by atomic mass is 10.1. The van der Waals surface area contributed by atoms with Crippen LogP contribution in [0.3, 0.4) is 0 Å². The molecule has 0 amide bonds. The molecule has 0 bridgehead atoms. The molecule has 0 aliphatic rings. The predicted octanol–water partition coefficient (Wildman–Crippen LogP) is 1.47. The van der Waals surface area contributed by atoms with Crippen LogP contribution in [-0.2, 0) is 27.1 Å². The van der Waals surface area contributed by atoms with E-state index in [0.29, 0.717) is 5.56 Å². The maximum Gasteiger partial charge on any atom is 0.416 e. The molecule has 2 N–H and O–H groups in total. The fourth-order valence-electron chi connectivity index (χ4n) is 1.18. The molecular weight excluding hydrogens is 259 g/mol. The van der Waals surface area contributed by atoms with Gasteiger partial charge in [0.05, 0.1) is 12.2 Å². The summed E-state index contributed by atoms with van der Waals surface area (Å²) in [4.78, 5) is 0. The van der Waals surface area contributed by atoms with Crippen LogP contribution < -0.4 is 5.14 Å². The van der Waals surface area contributed by atoms with E-state index in [1.54, 1.807) is 0 Å². The molecule has 1 rings (SSSR count). The first-order valence-corrected chi connectivity index (χ1v) is 5.99. The van der Waals surface area contributed by atoms with Crippen LogP contribution in [0.4, 0.5) is 13.2 Å². The highest BCUT2D eigenvalue weighted by molar-refractivity contribution is 7.84. The second-order valence-corrected chi connectivity index (χ2v) is 4.48. The topological polar surface area (TPSA) is 69.4 Å². The van der Waals surface area contributed by atoms with E-state index in [4.69, 9.17) is 0 Å². The summed E-state index contributed by atoms with van der Waals surface area (Å²) < 4.78 is 62.1. The largest absolute Gasteiger partial charge is 0.416 e. The van der Waals surface area contributed by atoms with Crippen molar-refractivity contribution < 1.29 is 25.8 Å². The zero-order chi connectivity index (χ0) is 13.1. The number of hydrogen-bond donors (Lipinski definition) is 1. The summed E-state index contributed by atoms with van der Waals surface area (Å²) in [6, 6.07) is 4.56. The first-order valence-electron chi connectivity index (χ1n) is 4.52. The zero-order valence-corrected chi connectivity index (χ0v) is 9.38. The van der Waals surface area contributed by atoms with Crippen molar-refractivity contribution in [3.05, 3.63) is 35.4 Å². The van der Waals surface area contributed by atoms with Gasteiger partial charge >= 0.3 is 16.5 Å². The van der Waals surface area contributed by atoms with Gasteiger partial charge in [0.15, 0.2) is 0 Å². The Kier molecular flexibility index (Phi) is 4.12. The maximum atomic E-state index is 12.3. The van der Waals surface area contributed by atoms with Crippen molar-refractivity contribution in [3.63, 3.8) is 0 Å². The lowest BCUT2D eigenvalue weighted by Gasteiger charge is -2.08. The van der Waals surface area contributed by atoms with Crippen LogP contribution >= 0.6 is 0 Å². The fraction of sp³-hybridized carbons (Fsp3) is 0.333. The van der Waals surface area contributed by atoms with E-state index in [9.17, 15) is 21.6 Å².